The van der Waals surface area contributed by atoms with E-state index in [2.05, 4.69) is 104 Å². The van der Waals surface area contributed by atoms with Gasteiger partial charge in [0.05, 0.1) is 5.57 Å². The number of Topliss-reactive ketones (excluding diaryl/α,β-unsaturated/α-hetero) is 2. The molecule has 0 aliphatic heterocycles. The Bertz CT molecular complexity index is 2420. The average molecular weight is 709 g/mol. The van der Waals surface area contributed by atoms with Gasteiger partial charge in [-0.1, -0.05) is 110 Å². The number of aldehydes is 1. The molecule has 4 heteroatoms. The molecule has 2 unspecified atom stereocenters. The van der Waals surface area contributed by atoms with Crippen LogP contribution in [0.1, 0.15) is 99.1 Å². The third kappa shape index (κ3) is 7.26. The van der Waals surface area contributed by atoms with Gasteiger partial charge < -0.3 is 0 Å². The molecule has 0 bridgehead atoms. The molecule has 4 aliphatic rings. The van der Waals surface area contributed by atoms with Gasteiger partial charge in [-0.3, -0.25) is 14.4 Å². The van der Waals surface area contributed by atoms with E-state index in [1.807, 2.05) is 12.1 Å². The fraction of sp³-hybridized carbons (Fsp3) is 0.184. The number of allylic oxidation sites excluding steroid dienone is 11. The molecular weight excluding hydrogens is 669 g/mol. The summed E-state index contributed by atoms with van der Waals surface area (Å²) in [5.74, 6) is 0.469. The first-order chi connectivity index (χ1) is 25.9. The summed E-state index contributed by atoms with van der Waals surface area (Å²) in [4.78, 5) is 40.9. The van der Waals surface area contributed by atoms with Crippen LogP contribution in [0, 0.1) is 5.92 Å². The molecule has 4 aromatic carbocycles. The number of ketones is 2. The zero-order chi connectivity index (χ0) is 36.3. The zero-order valence-corrected chi connectivity index (χ0v) is 30.6. The van der Waals surface area contributed by atoms with Crippen molar-refractivity contribution < 1.29 is 14.4 Å². The number of carbonyl (C=O) groups excluding carboxylic acids is 3. The van der Waals surface area contributed by atoms with Crippen molar-refractivity contribution in [3.63, 3.8) is 0 Å². The summed E-state index contributed by atoms with van der Waals surface area (Å²) in [6.07, 6.45) is 28.7. The van der Waals surface area contributed by atoms with E-state index >= 15 is 0 Å². The van der Waals surface area contributed by atoms with Crippen LogP contribution in [-0.4, -0.2) is 17.9 Å². The van der Waals surface area contributed by atoms with Crippen LogP contribution in [-0.2, 0) is 0 Å². The first kappa shape index (κ1) is 34.5. The van der Waals surface area contributed by atoms with Gasteiger partial charge in [0.2, 0.25) is 0 Å². The minimum absolute atomic E-state index is 0.193. The Labute approximate surface area is 315 Å². The van der Waals surface area contributed by atoms with E-state index in [1.165, 1.54) is 44.9 Å². The van der Waals surface area contributed by atoms with Crippen molar-refractivity contribution in [1.29, 1.82) is 0 Å². The van der Waals surface area contributed by atoms with Gasteiger partial charge in [0, 0.05) is 26.5 Å². The van der Waals surface area contributed by atoms with Gasteiger partial charge in [0.15, 0.2) is 11.6 Å². The number of carbonyl (C=O) groups is 3. The van der Waals surface area contributed by atoms with E-state index in [9.17, 15) is 14.4 Å². The van der Waals surface area contributed by atoms with Crippen LogP contribution in [0.4, 0.5) is 0 Å². The van der Waals surface area contributed by atoms with E-state index in [4.69, 9.17) is 0 Å². The lowest BCUT2D eigenvalue weighted by atomic mass is 9.89. The summed E-state index contributed by atoms with van der Waals surface area (Å²) in [5.41, 5.74) is 12.0. The highest BCUT2D eigenvalue weighted by Gasteiger charge is 2.34. The fourth-order valence-electron chi connectivity index (χ4n) is 8.00. The molecule has 53 heavy (non-hydrogen) atoms. The normalized spacial score (nSPS) is 20.5. The summed E-state index contributed by atoms with van der Waals surface area (Å²) < 4.78 is 0. The molecular formula is C49H40O3S. The smallest absolute Gasteiger partial charge is 0.197 e. The van der Waals surface area contributed by atoms with Gasteiger partial charge >= 0.3 is 0 Å². The van der Waals surface area contributed by atoms with Gasteiger partial charge in [-0.2, -0.15) is 0 Å². The maximum Gasteiger partial charge on any atom is 0.197 e. The molecule has 8 rings (SSSR count). The van der Waals surface area contributed by atoms with Crippen LogP contribution in [0.3, 0.4) is 0 Å². The molecule has 0 radical (unpaired) electrons. The monoisotopic (exact) mass is 708 g/mol. The van der Waals surface area contributed by atoms with Crippen LogP contribution < -0.4 is 0 Å². The number of fused-ring (bicyclic) bond motifs is 2. The van der Waals surface area contributed by atoms with Crippen molar-refractivity contribution in [2.45, 2.75) is 61.2 Å². The third-order valence-electron chi connectivity index (χ3n) is 10.9. The first-order valence-corrected chi connectivity index (χ1v) is 19.4. The topological polar surface area (TPSA) is 51.2 Å². The molecule has 0 aromatic heterocycles. The quantitative estimate of drug-likeness (QED) is 0.0571. The van der Waals surface area contributed by atoms with E-state index in [-0.39, 0.29) is 17.1 Å². The standard InChI is InChI=1S/C49H40O3S/c1-32-10-8-16-41(32)43-27-34(28-46-48(51)44-29-38-22-18-35(31-50)26-39(38)30-45(44)49(46)52)21-25-47(43)53-40-23-19-33(20-24-40)11-9-17-42(36-12-4-2-5-13-36)37-14-6-3-7-15-37/h2-4,9,11-12,14-15,17-32,41H,5-6,8,10,13,16H2,1H3/b11-9+,42-17+,46-28?. The van der Waals surface area contributed by atoms with Crippen LogP contribution in [0.5, 0.6) is 0 Å². The Kier molecular flexibility index (Phi) is 9.91. The largest absolute Gasteiger partial charge is 0.298 e. The van der Waals surface area contributed by atoms with Crippen LogP contribution >= 0.6 is 11.8 Å². The molecule has 0 heterocycles. The lowest BCUT2D eigenvalue weighted by molar-refractivity contribution is 0.0989. The second-order valence-electron chi connectivity index (χ2n) is 14.3. The van der Waals surface area contributed by atoms with E-state index in [0.717, 1.165) is 53.9 Å². The maximum atomic E-state index is 13.6. The number of hydrogen-bond donors (Lipinski definition) is 0. The number of hydrogen-bond acceptors (Lipinski definition) is 4. The van der Waals surface area contributed by atoms with Crippen molar-refractivity contribution in [3.8, 4) is 0 Å². The minimum Gasteiger partial charge on any atom is -0.298 e. The van der Waals surface area contributed by atoms with E-state index in [1.54, 1.807) is 42.1 Å². The van der Waals surface area contributed by atoms with Gasteiger partial charge in [0.1, 0.15) is 6.29 Å². The molecule has 1 fully saturated rings. The highest BCUT2D eigenvalue weighted by atomic mass is 32.2. The molecule has 1 saturated carbocycles. The predicted molar refractivity (Wildman–Crippen MR) is 218 cm³/mol. The van der Waals surface area contributed by atoms with E-state index in [0.29, 0.717) is 28.5 Å². The minimum atomic E-state index is -0.262. The lowest BCUT2D eigenvalue weighted by Gasteiger charge is -2.20. The molecule has 0 spiro atoms. The highest BCUT2D eigenvalue weighted by molar-refractivity contribution is 7.99. The Morgan fingerprint density at radius 2 is 1.66 bits per heavy atom. The maximum absolute atomic E-state index is 13.6. The Morgan fingerprint density at radius 3 is 2.38 bits per heavy atom. The Balaban J connectivity index is 1.04. The van der Waals surface area contributed by atoms with Crippen molar-refractivity contribution in [3.05, 3.63) is 183 Å². The van der Waals surface area contributed by atoms with Crippen molar-refractivity contribution in [2.75, 3.05) is 0 Å². The summed E-state index contributed by atoms with van der Waals surface area (Å²) in [7, 11) is 0. The van der Waals surface area contributed by atoms with Crippen LogP contribution in [0.2, 0.25) is 0 Å². The Hall–Kier alpha value is -5.54. The summed E-state index contributed by atoms with van der Waals surface area (Å²) in [5, 5.41) is 1.61. The molecule has 3 nitrogen and oxygen atoms in total. The van der Waals surface area contributed by atoms with E-state index < -0.39 is 0 Å². The van der Waals surface area contributed by atoms with Crippen molar-refractivity contribution in [1.82, 2.24) is 0 Å². The van der Waals surface area contributed by atoms with Gasteiger partial charge in [-0.15, -0.1) is 5.73 Å². The summed E-state index contributed by atoms with van der Waals surface area (Å²) in [6.45, 7) is 2.33. The first-order valence-electron chi connectivity index (χ1n) is 18.6. The lowest BCUT2D eigenvalue weighted by Crippen LogP contribution is -2.05. The molecule has 260 valence electrons. The second-order valence-corrected chi connectivity index (χ2v) is 15.4. The highest BCUT2D eigenvalue weighted by Crippen LogP contribution is 2.45. The molecule has 4 aliphatic carbocycles. The number of rotatable bonds is 9. The molecule has 4 aromatic rings. The van der Waals surface area contributed by atoms with Crippen LogP contribution in [0.15, 0.2) is 159 Å². The fourth-order valence-corrected chi connectivity index (χ4v) is 8.99. The summed E-state index contributed by atoms with van der Waals surface area (Å²) in [6, 6.07) is 23.9. The second kappa shape index (κ2) is 15.2. The van der Waals surface area contributed by atoms with Crippen molar-refractivity contribution in [2.24, 2.45) is 5.92 Å². The van der Waals surface area contributed by atoms with Gasteiger partial charge in [-0.25, -0.2) is 0 Å². The summed E-state index contributed by atoms with van der Waals surface area (Å²) >= 11 is 1.77. The number of benzene rings is 4. The molecule has 0 saturated heterocycles. The third-order valence-corrected chi connectivity index (χ3v) is 12.0. The Morgan fingerprint density at radius 1 is 0.868 bits per heavy atom. The predicted octanol–water partition coefficient (Wildman–Crippen LogP) is 12.4. The van der Waals surface area contributed by atoms with Crippen molar-refractivity contribution >= 4 is 52.5 Å². The average Bonchev–Trinajstić information content (AvgIpc) is 3.73. The molecule has 2 atom stereocenters. The van der Waals surface area contributed by atoms with Gasteiger partial charge in [0.25, 0.3) is 0 Å². The molecule has 0 N–H and O–H groups in total. The SMILES string of the molecule is CC1CCCC1c1cc(C=C2C(=O)c3cc4ccc(C=O)cc4cc3C2=O)ccc1Sc1ccc(/C=C/C=C(/C2=CCC=C=C2)C2=CC=CCC2)cc1. The molecule has 0 amide bonds. The van der Waals surface area contributed by atoms with Gasteiger partial charge in [-0.05, 0) is 136 Å². The van der Waals surface area contributed by atoms with Crippen LogP contribution in [0.25, 0.3) is 22.9 Å². The zero-order valence-electron chi connectivity index (χ0n) is 29.8.